The molecular weight excluding hydrogens is 453 g/mol. The van der Waals surface area contributed by atoms with Crippen LogP contribution in [-0.2, 0) is 12.7 Å². The van der Waals surface area contributed by atoms with E-state index < -0.39 is 11.7 Å². The summed E-state index contributed by atoms with van der Waals surface area (Å²) in [7, 11) is 1.61. The Kier molecular flexibility index (Phi) is 7.45. The van der Waals surface area contributed by atoms with E-state index in [4.69, 9.17) is 4.74 Å². The maximum absolute atomic E-state index is 13.6. The van der Waals surface area contributed by atoms with Crippen molar-refractivity contribution >= 4 is 11.6 Å². The molecule has 1 heterocycles. The fourth-order valence-electron chi connectivity index (χ4n) is 4.46. The maximum atomic E-state index is 13.6. The largest absolute Gasteiger partial charge is 0.497 e. The van der Waals surface area contributed by atoms with Gasteiger partial charge in [0.2, 0.25) is 0 Å². The zero-order valence-electron chi connectivity index (χ0n) is 19.9. The van der Waals surface area contributed by atoms with E-state index >= 15 is 0 Å². The number of piperidine rings is 1. The summed E-state index contributed by atoms with van der Waals surface area (Å²) in [6.07, 6.45) is -2.79. The van der Waals surface area contributed by atoms with Gasteiger partial charge in [-0.3, -0.25) is 9.69 Å². The molecule has 1 aliphatic rings. The van der Waals surface area contributed by atoms with E-state index in [2.05, 4.69) is 4.90 Å². The van der Waals surface area contributed by atoms with Crippen LogP contribution < -0.4 is 9.64 Å². The van der Waals surface area contributed by atoms with Crippen LogP contribution in [0.3, 0.4) is 0 Å². The highest BCUT2D eigenvalue weighted by Crippen LogP contribution is 2.30. The lowest BCUT2D eigenvalue weighted by Gasteiger charge is -2.38. The molecule has 0 unspecified atom stereocenters. The van der Waals surface area contributed by atoms with Crippen molar-refractivity contribution in [2.24, 2.45) is 0 Å². The molecule has 35 heavy (non-hydrogen) atoms. The molecule has 0 N–H and O–H groups in total. The van der Waals surface area contributed by atoms with Crippen LogP contribution >= 0.6 is 0 Å². The van der Waals surface area contributed by atoms with Crippen molar-refractivity contribution in [3.05, 3.63) is 95.1 Å². The van der Waals surface area contributed by atoms with Gasteiger partial charge < -0.3 is 9.64 Å². The number of nitrogens with zero attached hydrogens (tertiary/aromatic N) is 2. The second-order valence-corrected chi connectivity index (χ2v) is 8.94. The fourth-order valence-corrected chi connectivity index (χ4v) is 4.46. The molecule has 184 valence electrons. The molecule has 0 aromatic heterocycles. The Morgan fingerprint density at radius 2 is 1.54 bits per heavy atom. The second kappa shape index (κ2) is 10.5. The van der Waals surface area contributed by atoms with Gasteiger partial charge in [0.15, 0.2) is 0 Å². The van der Waals surface area contributed by atoms with E-state index in [9.17, 15) is 18.0 Å². The summed E-state index contributed by atoms with van der Waals surface area (Å²) < 4.78 is 43.8. The fraction of sp³-hybridized carbons (Fsp3) is 0.321. The molecule has 0 bridgehead atoms. The standard InChI is InChI=1S/C28H29F3N2O2/c1-20-3-7-22(8-4-20)27(34)33(24-11-13-26(35-2)14-12-24)25-15-17-32(18-16-25)19-21-5-9-23(10-6-21)28(29,30)31/h3-14,25H,15-19H2,1-2H3. The molecule has 3 aromatic rings. The molecular formula is C28H29F3N2O2. The van der Waals surface area contributed by atoms with Gasteiger partial charge in [0.1, 0.15) is 5.75 Å². The summed E-state index contributed by atoms with van der Waals surface area (Å²) in [6.45, 7) is 4.07. The Morgan fingerprint density at radius 3 is 2.09 bits per heavy atom. The lowest BCUT2D eigenvalue weighted by molar-refractivity contribution is -0.137. The molecule has 1 aliphatic heterocycles. The molecule has 3 aromatic carbocycles. The van der Waals surface area contributed by atoms with Crippen molar-refractivity contribution in [3.8, 4) is 5.75 Å². The smallest absolute Gasteiger partial charge is 0.416 e. The minimum Gasteiger partial charge on any atom is -0.497 e. The molecule has 4 nitrogen and oxygen atoms in total. The Bertz CT molecular complexity index is 1120. The zero-order valence-corrected chi connectivity index (χ0v) is 19.9. The van der Waals surface area contributed by atoms with E-state index in [1.54, 1.807) is 19.2 Å². The number of benzene rings is 3. The number of carbonyl (C=O) groups is 1. The quantitative estimate of drug-likeness (QED) is 0.411. The van der Waals surface area contributed by atoms with Gasteiger partial charge in [-0.05, 0) is 73.9 Å². The molecule has 1 saturated heterocycles. The minimum atomic E-state index is -4.33. The zero-order chi connectivity index (χ0) is 25.0. The van der Waals surface area contributed by atoms with Gasteiger partial charge in [0.05, 0.1) is 12.7 Å². The molecule has 0 radical (unpaired) electrons. The highest BCUT2D eigenvalue weighted by molar-refractivity contribution is 6.06. The summed E-state index contributed by atoms with van der Waals surface area (Å²) in [4.78, 5) is 17.7. The number of halogens is 3. The van der Waals surface area contributed by atoms with Gasteiger partial charge in [-0.25, -0.2) is 0 Å². The molecule has 0 saturated carbocycles. The van der Waals surface area contributed by atoms with Crippen LogP contribution in [0.1, 0.15) is 39.9 Å². The van der Waals surface area contributed by atoms with Gasteiger partial charge in [-0.15, -0.1) is 0 Å². The minimum absolute atomic E-state index is 0.0149. The Morgan fingerprint density at radius 1 is 0.943 bits per heavy atom. The highest BCUT2D eigenvalue weighted by atomic mass is 19.4. The monoisotopic (exact) mass is 482 g/mol. The van der Waals surface area contributed by atoms with E-state index in [1.165, 1.54) is 0 Å². The Hall–Kier alpha value is -3.32. The summed E-state index contributed by atoms with van der Waals surface area (Å²) in [5.41, 5.74) is 2.76. The molecule has 1 amide bonds. The maximum Gasteiger partial charge on any atom is 0.416 e. The molecule has 0 aliphatic carbocycles. The van der Waals surface area contributed by atoms with Crippen LogP contribution in [0.25, 0.3) is 0 Å². The predicted molar refractivity (Wildman–Crippen MR) is 131 cm³/mol. The molecule has 7 heteroatoms. The van der Waals surface area contributed by atoms with Gasteiger partial charge in [-0.2, -0.15) is 13.2 Å². The number of ether oxygens (including phenoxy) is 1. The number of hydrogen-bond donors (Lipinski definition) is 0. The van der Waals surface area contributed by atoms with Crippen molar-refractivity contribution in [2.75, 3.05) is 25.1 Å². The summed E-state index contributed by atoms with van der Waals surface area (Å²) in [5.74, 6) is 0.680. The highest BCUT2D eigenvalue weighted by Gasteiger charge is 2.31. The Labute approximate surface area is 203 Å². The number of carbonyl (C=O) groups excluding carboxylic acids is 1. The number of aryl methyl sites for hydroxylation is 1. The molecule has 0 spiro atoms. The van der Waals surface area contributed by atoms with E-state index in [1.807, 2.05) is 60.4 Å². The van der Waals surface area contributed by atoms with Crippen LogP contribution in [-0.4, -0.2) is 37.0 Å². The predicted octanol–water partition coefficient (Wildman–Crippen LogP) is 6.33. The molecule has 4 rings (SSSR count). The third-order valence-electron chi connectivity index (χ3n) is 6.48. The number of likely N-dealkylation sites (tertiary alicyclic amines) is 1. The van der Waals surface area contributed by atoms with Crippen LogP contribution in [0.2, 0.25) is 0 Å². The van der Waals surface area contributed by atoms with Crippen LogP contribution in [0.4, 0.5) is 18.9 Å². The van der Waals surface area contributed by atoms with Crippen LogP contribution in [0.5, 0.6) is 5.75 Å². The number of amides is 1. The lowest BCUT2D eigenvalue weighted by atomic mass is 9.99. The van der Waals surface area contributed by atoms with Gasteiger partial charge in [-0.1, -0.05) is 29.8 Å². The number of methoxy groups -OCH3 is 1. The average molecular weight is 483 g/mol. The topological polar surface area (TPSA) is 32.8 Å². The number of anilines is 1. The van der Waals surface area contributed by atoms with E-state index in [0.29, 0.717) is 12.1 Å². The molecule has 1 fully saturated rings. The van der Waals surface area contributed by atoms with Crippen molar-refractivity contribution in [3.63, 3.8) is 0 Å². The van der Waals surface area contributed by atoms with Gasteiger partial charge >= 0.3 is 6.18 Å². The normalized spacial score (nSPS) is 15.1. The number of rotatable bonds is 6. The summed E-state index contributed by atoms with van der Waals surface area (Å²) >= 11 is 0. The third kappa shape index (κ3) is 6.03. The molecule has 0 atom stereocenters. The van der Waals surface area contributed by atoms with Crippen LogP contribution in [0, 0.1) is 6.92 Å². The van der Waals surface area contributed by atoms with Gasteiger partial charge in [0, 0.05) is 36.9 Å². The Balaban J connectivity index is 1.47. The first kappa shape index (κ1) is 24.8. The third-order valence-corrected chi connectivity index (χ3v) is 6.48. The lowest BCUT2D eigenvalue weighted by Crippen LogP contribution is -2.47. The van der Waals surface area contributed by atoms with Crippen molar-refractivity contribution in [1.82, 2.24) is 4.90 Å². The first-order chi connectivity index (χ1) is 16.7. The average Bonchev–Trinajstić information content (AvgIpc) is 2.86. The van der Waals surface area contributed by atoms with Crippen molar-refractivity contribution in [2.45, 2.75) is 38.5 Å². The van der Waals surface area contributed by atoms with Crippen molar-refractivity contribution in [1.29, 1.82) is 0 Å². The van der Waals surface area contributed by atoms with Crippen molar-refractivity contribution < 1.29 is 22.7 Å². The number of alkyl halides is 3. The first-order valence-electron chi connectivity index (χ1n) is 11.7. The van der Waals surface area contributed by atoms with Gasteiger partial charge in [0.25, 0.3) is 5.91 Å². The summed E-state index contributed by atoms with van der Waals surface area (Å²) in [5, 5.41) is 0. The second-order valence-electron chi connectivity index (χ2n) is 8.94. The van der Waals surface area contributed by atoms with Crippen LogP contribution in [0.15, 0.2) is 72.8 Å². The summed E-state index contributed by atoms with van der Waals surface area (Å²) in [6, 6.07) is 20.5. The van der Waals surface area contributed by atoms with E-state index in [-0.39, 0.29) is 11.9 Å². The van der Waals surface area contributed by atoms with E-state index in [0.717, 1.165) is 60.6 Å². The SMILES string of the molecule is COc1ccc(N(C(=O)c2ccc(C)cc2)C2CCN(Cc3ccc(C(F)(F)F)cc3)CC2)cc1. The first-order valence-corrected chi connectivity index (χ1v) is 11.7. The number of hydrogen-bond acceptors (Lipinski definition) is 3.